The SMILES string of the molecule is CCCCCCCCCCCC(N)C(=O)[C@H](Cc1ccccc1)NC(=O)OC(C)(C)C. The van der Waals surface area contributed by atoms with E-state index in [1.54, 1.807) is 20.8 Å². The average Bonchev–Trinajstić information content (AvgIpc) is 2.70. The number of rotatable bonds is 15. The Hall–Kier alpha value is -1.88. The summed E-state index contributed by atoms with van der Waals surface area (Å²) in [6, 6.07) is 8.40. The summed E-state index contributed by atoms with van der Waals surface area (Å²) in [4.78, 5) is 25.3. The van der Waals surface area contributed by atoms with Gasteiger partial charge in [-0.3, -0.25) is 4.79 Å². The molecule has 5 heteroatoms. The van der Waals surface area contributed by atoms with E-state index in [4.69, 9.17) is 10.5 Å². The Balaban J connectivity index is 2.50. The average molecular weight is 433 g/mol. The van der Waals surface area contributed by atoms with Crippen LogP contribution in [0.5, 0.6) is 0 Å². The van der Waals surface area contributed by atoms with E-state index >= 15 is 0 Å². The standard InChI is InChI=1S/C26H44N2O3/c1-5-6-7-8-9-10-11-12-16-19-22(27)24(29)23(20-21-17-14-13-15-18-21)28-25(30)31-26(2,3)4/h13-15,17-18,22-23H,5-12,16,19-20,27H2,1-4H3,(H,28,30)/t22?,23-/m0/s1. The van der Waals surface area contributed by atoms with Gasteiger partial charge in [0.05, 0.1) is 12.1 Å². The first-order valence-electron chi connectivity index (χ1n) is 12.1. The highest BCUT2D eigenvalue weighted by Crippen LogP contribution is 2.14. The van der Waals surface area contributed by atoms with Crippen molar-refractivity contribution in [2.24, 2.45) is 5.73 Å². The Morgan fingerprint density at radius 3 is 2.03 bits per heavy atom. The van der Waals surface area contributed by atoms with E-state index in [0.717, 1.165) is 18.4 Å². The third kappa shape index (κ3) is 13.2. The summed E-state index contributed by atoms with van der Waals surface area (Å²) in [5.74, 6) is -0.130. The van der Waals surface area contributed by atoms with Gasteiger partial charge in [-0.15, -0.1) is 0 Å². The first-order valence-corrected chi connectivity index (χ1v) is 12.1. The van der Waals surface area contributed by atoms with E-state index < -0.39 is 23.8 Å². The molecule has 1 aromatic carbocycles. The maximum absolute atomic E-state index is 13.0. The largest absolute Gasteiger partial charge is 0.444 e. The Labute approximate surface area is 189 Å². The third-order valence-corrected chi connectivity index (χ3v) is 5.30. The molecule has 31 heavy (non-hydrogen) atoms. The van der Waals surface area contributed by atoms with E-state index in [-0.39, 0.29) is 5.78 Å². The summed E-state index contributed by atoms with van der Waals surface area (Å²) in [6.07, 6.45) is 11.5. The molecule has 0 bridgehead atoms. The molecular formula is C26H44N2O3. The summed E-state index contributed by atoms with van der Waals surface area (Å²) < 4.78 is 5.35. The molecule has 0 aliphatic carbocycles. The second-order valence-corrected chi connectivity index (χ2v) is 9.51. The molecule has 0 saturated heterocycles. The number of alkyl carbamates (subject to hydrolysis) is 1. The Morgan fingerprint density at radius 2 is 1.48 bits per heavy atom. The molecule has 2 atom stereocenters. The number of carbonyl (C=O) groups excluding carboxylic acids is 2. The fraction of sp³-hybridized carbons (Fsp3) is 0.692. The maximum atomic E-state index is 13.0. The van der Waals surface area contributed by atoms with Crippen LogP contribution in [0.15, 0.2) is 30.3 Å². The van der Waals surface area contributed by atoms with Crippen LogP contribution < -0.4 is 11.1 Å². The molecular weight excluding hydrogens is 388 g/mol. The highest BCUT2D eigenvalue weighted by molar-refractivity contribution is 5.91. The zero-order valence-corrected chi connectivity index (χ0v) is 20.1. The minimum Gasteiger partial charge on any atom is -0.444 e. The first-order chi connectivity index (χ1) is 14.7. The van der Waals surface area contributed by atoms with Crippen molar-refractivity contribution in [1.82, 2.24) is 5.32 Å². The smallest absolute Gasteiger partial charge is 0.408 e. The van der Waals surface area contributed by atoms with Crippen LogP contribution >= 0.6 is 0 Å². The molecule has 0 aliphatic rings. The molecule has 0 spiro atoms. The lowest BCUT2D eigenvalue weighted by molar-refractivity contribution is -0.122. The highest BCUT2D eigenvalue weighted by atomic mass is 16.6. The number of hydrogen-bond acceptors (Lipinski definition) is 4. The summed E-state index contributed by atoms with van der Waals surface area (Å²) in [5, 5.41) is 2.75. The predicted octanol–water partition coefficient (Wildman–Crippen LogP) is 5.94. The van der Waals surface area contributed by atoms with Crippen LogP contribution in [-0.4, -0.2) is 29.6 Å². The van der Waals surface area contributed by atoms with Gasteiger partial charge < -0.3 is 15.8 Å². The number of benzene rings is 1. The zero-order valence-electron chi connectivity index (χ0n) is 20.1. The van der Waals surface area contributed by atoms with Gasteiger partial charge >= 0.3 is 6.09 Å². The maximum Gasteiger partial charge on any atom is 0.408 e. The van der Waals surface area contributed by atoms with E-state index in [2.05, 4.69) is 12.2 Å². The van der Waals surface area contributed by atoms with Gasteiger partial charge in [0.25, 0.3) is 0 Å². The normalized spacial score (nSPS) is 13.5. The van der Waals surface area contributed by atoms with E-state index in [1.807, 2.05) is 30.3 Å². The number of nitrogens with one attached hydrogen (secondary N) is 1. The molecule has 1 aromatic rings. The van der Waals surface area contributed by atoms with Gasteiger partial charge in [-0.2, -0.15) is 0 Å². The lowest BCUT2D eigenvalue weighted by atomic mass is 9.95. The predicted molar refractivity (Wildman–Crippen MR) is 128 cm³/mol. The molecule has 3 N–H and O–H groups in total. The van der Waals surface area contributed by atoms with Crippen molar-refractivity contribution in [1.29, 1.82) is 0 Å². The number of nitrogens with two attached hydrogens (primary N) is 1. The van der Waals surface area contributed by atoms with Crippen molar-refractivity contribution in [2.75, 3.05) is 0 Å². The molecule has 0 radical (unpaired) electrons. The van der Waals surface area contributed by atoms with Crippen molar-refractivity contribution < 1.29 is 14.3 Å². The second-order valence-electron chi connectivity index (χ2n) is 9.51. The summed E-state index contributed by atoms with van der Waals surface area (Å²) in [5.41, 5.74) is 6.59. The number of Topliss-reactive ketones (excluding diaryl/α,β-unsaturated/α-hetero) is 1. The van der Waals surface area contributed by atoms with Crippen molar-refractivity contribution in [3.05, 3.63) is 35.9 Å². The monoisotopic (exact) mass is 432 g/mol. The van der Waals surface area contributed by atoms with Gasteiger partial charge in [0.2, 0.25) is 0 Å². The van der Waals surface area contributed by atoms with E-state index in [0.29, 0.717) is 12.8 Å². The van der Waals surface area contributed by atoms with Gasteiger partial charge in [0.15, 0.2) is 5.78 Å². The van der Waals surface area contributed by atoms with Gasteiger partial charge in [-0.1, -0.05) is 95.0 Å². The van der Waals surface area contributed by atoms with E-state index in [1.165, 1.54) is 44.9 Å². The van der Waals surface area contributed by atoms with E-state index in [9.17, 15) is 9.59 Å². The van der Waals surface area contributed by atoms with Crippen LogP contribution in [0.4, 0.5) is 4.79 Å². The lowest BCUT2D eigenvalue weighted by Crippen LogP contribution is -2.50. The molecule has 0 aliphatic heterocycles. The summed E-state index contributed by atoms with van der Waals surface area (Å²) in [7, 11) is 0. The molecule has 1 unspecified atom stereocenters. The molecule has 176 valence electrons. The Kier molecular flexibility index (Phi) is 13.1. The number of ketones is 1. The minimum absolute atomic E-state index is 0.130. The fourth-order valence-electron chi connectivity index (χ4n) is 3.60. The summed E-state index contributed by atoms with van der Waals surface area (Å²) in [6.45, 7) is 7.64. The number of amides is 1. The molecule has 0 aromatic heterocycles. The molecule has 0 fully saturated rings. The molecule has 5 nitrogen and oxygen atoms in total. The Morgan fingerprint density at radius 1 is 0.935 bits per heavy atom. The number of unbranched alkanes of at least 4 members (excludes halogenated alkanes) is 8. The molecule has 1 amide bonds. The summed E-state index contributed by atoms with van der Waals surface area (Å²) >= 11 is 0. The molecule has 0 saturated carbocycles. The van der Waals surface area contributed by atoms with Gasteiger partial charge in [0, 0.05) is 0 Å². The van der Waals surface area contributed by atoms with Gasteiger partial charge in [0.1, 0.15) is 5.60 Å². The van der Waals surface area contributed by atoms with Gasteiger partial charge in [-0.05, 0) is 39.2 Å². The third-order valence-electron chi connectivity index (χ3n) is 5.30. The van der Waals surface area contributed by atoms with Crippen molar-refractivity contribution >= 4 is 11.9 Å². The van der Waals surface area contributed by atoms with Crippen LogP contribution in [-0.2, 0) is 16.0 Å². The number of hydrogen-bond donors (Lipinski definition) is 2. The Bertz CT molecular complexity index is 625. The van der Waals surface area contributed by atoms with Crippen LogP contribution in [0.3, 0.4) is 0 Å². The van der Waals surface area contributed by atoms with Crippen LogP contribution in [0.1, 0.15) is 97.5 Å². The topological polar surface area (TPSA) is 81.4 Å². The van der Waals surface area contributed by atoms with Crippen molar-refractivity contribution in [3.8, 4) is 0 Å². The molecule has 1 rings (SSSR count). The van der Waals surface area contributed by atoms with Crippen molar-refractivity contribution in [2.45, 2.75) is 116 Å². The highest BCUT2D eigenvalue weighted by Gasteiger charge is 2.28. The second kappa shape index (κ2) is 15.0. The fourth-order valence-corrected chi connectivity index (χ4v) is 3.60. The van der Waals surface area contributed by atoms with Crippen molar-refractivity contribution in [3.63, 3.8) is 0 Å². The lowest BCUT2D eigenvalue weighted by Gasteiger charge is -2.25. The van der Waals surface area contributed by atoms with Crippen LogP contribution in [0.2, 0.25) is 0 Å². The minimum atomic E-state index is -0.689. The number of ether oxygens (including phenoxy) is 1. The van der Waals surface area contributed by atoms with Gasteiger partial charge in [-0.25, -0.2) is 4.79 Å². The first kappa shape index (κ1) is 27.2. The van der Waals surface area contributed by atoms with Crippen LogP contribution in [0, 0.1) is 0 Å². The quantitative estimate of drug-likeness (QED) is 0.336. The molecule has 0 heterocycles. The number of carbonyl (C=O) groups is 2. The van der Waals surface area contributed by atoms with Crippen LogP contribution in [0.25, 0.3) is 0 Å². The zero-order chi connectivity index (χ0) is 23.1.